The molecule has 2 heterocycles. The van der Waals surface area contributed by atoms with Gasteiger partial charge in [0.1, 0.15) is 5.78 Å². The van der Waals surface area contributed by atoms with E-state index in [9.17, 15) is 4.79 Å². The molecule has 76 valence electrons. The van der Waals surface area contributed by atoms with Crippen LogP contribution in [0.4, 0.5) is 0 Å². The third-order valence-electron chi connectivity index (χ3n) is 3.83. The number of Topliss-reactive ketones (excluding diaryl/α,β-unsaturated/α-hetero) is 1. The van der Waals surface area contributed by atoms with Gasteiger partial charge in [-0.1, -0.05) is 5.92 Å². The predicted octanol–water partition coefficient (Wildman–Crippen LogP) is 1.45. The number of ketones is 1. The van der Waals surface area contributed by atoms with Crippen LogP contribution in [0.2, 0.25) is 0 Å². The summed E-state index contributed by atoms with van der Waals surface area (Å²) >= 11 is 0. The van der Waals surface area contributed by atoms with Crippen LogP contribution in [0.15, 0.2) is 0 Å². The molecule has 0 spiro atoms. The van der Waals surface area contributed by atoms with Crippen molar-refractivity contribution in [1.29, 1.82) is 0 Å². The Morgan fingerprint density at radius 3 is 2.50 bits per heavy atom. The lowest BCUT2D eigenvalue weighted by molar-refractivity contribution is -0.124. The van der Waals surface area contributed by atoms with Crippen LogP contribution in [-0.2, 0) is 4.79 Å². The summed E-state index contributed by atoms with van der Waals surface area (Å²) in [6.07, 6.45) is 10.1. The van der Waals surface area contributed by atoms with Crippen molar-refractivity contribution in [2.45, 2.75) is 44.2 Å². The van der Waals surface area contributed by atoms with E-state index in [2.05, 4.69) is 17.9 Å². The first kappa shape index (κ1) is 9.73. The predicted molar refractivity (Wildman–Crippen MR) is 55.8 cm³/mol. The molecule has 2 aliphatic rings. The molecule has 2 heteroatoms. The summed E-state index contributed by atoms with van der Waals surface area (Å²) in [7, 11) is 2.18. The second-order valence-electron chi connectivity index (χ2n) is 4.57. The van der Waals surface area contributed by atoms with Gasteiger partial charge in [0.05, 0.1) is 6.42 Å². The lowest BCUT2D eigenvalue weighted by Gasteiger charge is -2.35. The third kappa shape index (κ3) is 1.57. The average molecular weight is 191 g/mol. The number of carbonyl (C=O) groups is 1. The molecule has 2 saturated heterocycles. The number of carbonyl (C=O) groups excluding carboxylic acids is 1. The number of piperidine rings is 1. The minimum absolute atomic E-state index is 0.250. The topological polar surface area (TPSA) is 20.3 Å². The van der Waals surface area contributed by atoms with Crippen LogP contribution in [0.3, 0.4) is 0 Å². The molecular weight excluding hydrogens is 174 g/mol. The van der Waals surface area contributed by atoms with E-state index >= 15 is 0 Å². The van der Waals surface area contributed by atoms with Crippen LogP contribution in [0, 0.1) is 18.3 Å². The first-order valence-corrected chi connectivity index (χ1v) is 5.40. The van der Waals surface area contributed by atoms with Crippen LogP contribution >= 0.6 is 0 Å². The summed E-state index contributed by atoms with van der Waals surface area (Å²) in [6, 6.07) is 1.28. The molecular formula is C12H17NO. The SMILES string of the molecule is C#CCC(=O)C1CC2CCC(C1)N2C. The molecule has 2 fully saturated rings. The van der Waals surface area contributed by atoms with Gasteiger partial charge in [0.15, 0.2) is 0 Å². The Labute approximate surface area is 85.7 Å². The summed E-state index contributed by atoms with van der Waals surface area (Å²) in [4.78, 5) is 14.1. The fourth-order valence-corrected chi connectivity index (χ4v) is 2.92. The Kier molecular flexibility index (Phi) is 2.60. The van der Waals surface area contributed by atoms with Crippen LogP contribution in [0.5, 0.6) is 0 Å². The molecule has 0 aromatic carbocycles. The van der Waals surface area contributed by atoms with E-state index < -0.39 is 0 Å². The number of hydrogen-bond acceptors (Lipinski definition) is 2. The van der Waals surface area contributed by atoms with Crippen LogP contribution < -0.4 is 0 Å². The van der Waals surface area contributed by atoms with Gasteiger partial charge < -0.3 is 4.90 Å². The monoisotopic (exact) mass is 191 g/mol. The van der Waals surface area contributed by atoms with Gasteiger partial charge in [0.25, 0.3) is 0 Å². The van der Waals surface area contributed by atoms with Crippen molar-refractivity contribution in [2.24, 2.45) is 5.92 Å². The van der Waals surface area contributed by atoms with Crippen LogP contribution in [0.25, 0.3) is 0 Å². The molecule has 2 rings (SSSR count). The van der Waals surface area contributed by atoms with Gasteiger partial charge in [0, 0.05) is 18.0 Å². The molecule has 0 aromatic heterocycles. The average Bonchev–Trinajstić information content (AvgIpc) is 2.42. The van der Waals surface area contributed by atoms with Crippen LogP contribution in [-0.4, -0.2) is 29.8 Å². The molecule has 0 saturated carbocycles. The Balaban J connectivity index is 2.00. The summed E-state index contributed by atoms with van der Waals surface area (Å²) in [5.41, 5.74) is 0. The molecule has 2 bridgehead atoms. The van der Waals surface area contributed by atoms with Gasteiger partial charge in [-0.2, -0.15) is 0 Å². The van der Waals surface area contributed by atoms with Gasteiger partial charge in [-0.25, -0.2) is 0 Å². The van der Waals surface area contributed by atoms with Crippen molar-refractivity contribution in [2.75, 3.05) is 7.05 Å². The molecule has 0 radical (unpaired) electrons. The largest absolute Gasteiger partial charge is 0.300 e. The molecule has 2 atom stereocenters. The lowest BCUT2D eigenvalue weighted by atomic mass is 9.87. The van der Waals surface area contributed by atoms with Gasteiger partial charge in [-0.15, -0.1) is 6.42 Å². The summed E-state index contributed by atoms with van der Waals surface area (Å²) in [5, 5.41) is 0. The summed E-state index contributed by atoms with van der Waals surface area (Å²) in [6.45, 7) is 0. The number of terminal acetylenes is 1. The minimum Gasteiger partial charge on any atom is -0.300 e. The van der Waals surface area contributed by atoms with E-state index in [1.165, 1.54) is 12.8 Å². The molecule has 0 aromatic rings. The Hall–Kier alpha value is -0.810. The Morgan fingerprint density at radius 2 is 2.00 bits per heavy atom. The normalized spacial score (nSPS) is 36.7. The van der Waals surface area contributed by atoms with Crippen molar-refractivity contribution in [1.82, 2.24) is 4.90 Å². The smallest absolute Gasteiger partial charge is 0.147 e. The van der Waals surface area contributed by atoms with E-state index in [1.54, 1.807) is 0 Å². The highest BCUT2D eigenvalue weighted by molar-refractivity contribution is 5.83. The van der Waals surface area contributed by atoms with Crippen LogP contribution in [0.1, 0.15) is 32.1 Å². The number of rotatable bonds is 2. The molecule has 0 aliphatic carbocycles. The summed E-state index contributed by atoms with van der Waals surface area (Å²) in [5.74, 6) is 3.00. The van der Waals surface area contributed by atoms with E-state index in [0.29, 0.717) is 18.5 Å². The second-order valence-corrected chi connectivity index (χ2v) is 4.57. The number of nitrogens with zero attached hydrogens (tertiary/aromatic N) is 1. The first-order chi connectivity index (χ1) is 6.72. The van der Waals surface area contributed by atoms with E-state index in [4.69, 9.17) is 6.42 Å². The maximum absolute atomic E-state index is 11.7. The van der Waals surface area contributed by atoms with Gasteiger partial charge >= 0.3 is 0 Å². The zero-order valence-electron chi connectivity index (χ0n) is 8.70. The van der Waals surface area contributed by atoms with Gasteiger partial charge in [-0.05, 0) is 32.7 Å². The fourth-order valence-electron chi connectivity index (χ4n) is 2.92. The van der Waals surface area contributed by atoms with Crippen molar-refractivity contribution < 1.29 is 4.79 Å². The standard InChI is InChI=1S/C12H17NO/c1-3-4-12(14)9-7-10-5-6-11(8-9)13(10)2/h1,9-11H,4-8H2,2H3. The maximum Gasteiger partial charge on any atom is 0.147 e. The summed E-state index contributed by atoms with van der Waals surface area (Å²) < 4.78 is 0. The molecule has 0 N–H and O–H groups in total. The highest BCUT2D eigenvalue weighted by atomic mass is 16.1. The Morgan fingerprint density at radius 1 is 1.43 bits per heavy atom. The van der Waals surface area contributed by atoms with Crippen molar-refractivity contribution in [3.63, 3.8) is 0 Å². The van der Waals surface area contributed by atoms with Gasteiger partial charge in [-0.3, -0.25) is 4.79 Å². The Bertz CT molecular complexity index is 265. The van der Waals surface area contributed by atoms with E-state index in [-0.39, 0.29) is 11.7 Å². The van der Waals surface area contributed by atoms with Gasteiger partial charge in [0.2, 0.25) is 0 Å². The first-order valence-electron chi connectivity index (χ1n) is 5.40. The molecule has 2 aliphatic heterocycles. The van der Waals surface area contributed by atoms with E-state index in [1.807, 2.05) is 0 Å². The quantitative estimate of drug-likeness (QED) is 0.616. The van der Waals surface area contributed by atoms with Crippen molar-refractivity contribution in [3.8, 4) is 12.3 Å². The molecule has 0 amide bonds. The number of fused-ring (bicyclic) bond motifs is 2. The van der Waals surface area contributed by atoms with E-state index in [0.717, 1.165) is 12.8 Å². The number of hydrogen-bond donors (Lipinski definition) is 0. The molecule has 14 heavy (non-hydrogen) atoms. The fraction of sp³-hybridized carbons (Fsp3) is 0.750. The van der Waals surface area contributed by atoms with Crippen molar-refractivity contribution >= 4 is 5.78 Å². The zero-order chi connectivity index (χ0) is 10.1. The lowest BCUT2D eigenvalue weighted by Crippen LogP contribution is -2.41. The maximum atomic E-state index is 11.7. The highest BCUT2D eigenvalue weighted by Gasteiger charge is 2.40. The van der Waals surface area contributed by atoms with Crippen molar-refractivity contribution in [3.05, 3.63) is 0 Å². The molecule has 2 nitrogen and oxygen atoms in total. The minimum atomic E-state index is 0.250. The third-order valence-corrected chi connectivity index (χ3v) is 3.83. The zero-order valence-corrected chi connectivity index (χ0v) is 8.70. The molecule has 2 unspecified atom stereocenters. The highest BCUT2D eigenvalue weighted by Crippen LogP contribution is 2.37. The second kappa shape index (κ2) is 3.74.